The second-order valence-electron chi connectivity index (χ2n) is 4.60. The maximum atomic E-state index is 11.8. The van der Waals surface area contributed by atoms with Crippen molar-refractivity contribution in [3.8, 4) is 0 Å². The van der Waals surface area contributed by atoms with Crippen molar-refractivity contribution in [3.63, 3.8) is 0 Å². The van der Waals surface area contributed by atoms with Crippen LogP contribution in [0.25, 0.3) is 0 Å². The lowest BCUT2D eigenvalue weighted by Gasteiger charge is -2.22. The van der Waals surface area contributed by atoms with Crippen LogP contribution in [-0.2, 0) is 10.2 Å². The Morgan fingerprint density at radius 3 is 2.24 bits per heavy atom. The Bertz CT molecular complexity index is 309. The van der Waals surface area contributed by atoms with Gasteiger partial charge in [-0.3, -0.25) is 0 Å². The van der Waals surface area contributed by atoms with Crippen LogP contribution in [-0.4, -0.2) is 43.6 Å². The minimum Gasteiger partial charge on any atom is -0.391 e. The van der Waals surface area contributed by atoms with E-state index >= 15 is 0 Å². The lowest BCUT2D eigenvalue weighted by atomic mass is 9.97. The molecule has 0 aromatic carbocycles. The van der Waals surface area contributed by atoms with E-state index in [1.807, 2.05) is 13.8 Å². The van der Waals surface area contributed by atoms with Gasteiger partial charge in [-0.25, -0.2) is 0 Å². The molecule has 1 aliphatic heterocycles. The second kappa shape index (κ2) is 6.68. The summed E-state index contributed by atoms with van der Waals surface area (Å²) >= 11 is 0. The quantitative estimate of drug-likeness (QED) is 0.711. The van der Waals surface area contributed by atoms with Gasteiger partial charge in [0, 0.05) is 19.6 Å². The maximum Gasteiger partial charge on any atom is 0.279 e. The highest BCUT2D eigenvalue weighted by molar-refractivity contribution is 7.87. The lowest BCUT2D eigenvalue weighted by molar-refractivity contribution is 0.106. The van der Waals surface area contributed by atoms with E-state index in [1.54, 1.807) is 0 Å². The summed E-state index contributed by atoms with van der Waals surface area (Å²) in [6, 6.07) is 0. The van der Waals surface area contributed by atoms with Crippen LogP contribution in [0.4, 0.5) is 0 Å². The van der Waals surface area contributed by atoms with E-state index in [0.29, 0.717) is 13.1 Å². The first-order chi connectivity index (χ1) is 8.01. The summed E-state index contributed by atoms with van der Waals surface area (Å²) in [5.41, 5.74) is 0. The molecule has 1 rings (SSSR count). The highest BCUT2D eigenvalue weighted by atomic mass is 32.2. The molecule has 102 valence electrons. The first-order valence-electron chi connectivity index (χ1n) is 6.44. The molecule has 0 spiro atoms. The van der Waals surface area contributed by atoms with Gasteiger partial charge in [0.15, 0.2) is 0 Å². The molecule has 0 aromatic rings. The molecule has 1 fully saturated rings. The van der Waals surface area contributed by atoms with Gasteiger partial charge in [0.1, 0.15) is 0 Å². The van der Waals surface area contributed by atoms with Crippen molar-refractivity contribution in [2.75, 3.05) is 19.6 Å². The minimum absolute atomic E-state index is 0.116. The Balaban J connectivity index is 2.43. The van der Waals surface area contributed by atoms with Crippen LogP contribution in [0.3, 0.4) is 0 Å². The molecule has 5 nitrogen and oxygen atoms in total. The van der Waals surface area contributed by atoms with Crippen molar-refractivity contribution >= 4 is 10.2 Å². The number of aliphatic hydroxyl groups excluding tert-OH is 1. The summed E-state index contributed by atoms with van der Waals surface area (Å²) in [7, 11) is -3.38. The largest absolute Gasteiger partial charge is 0.391 e. The summed E-state index contributed by atoms with van der Waals surface area (Å²) in [6.07, 6.45) is 2.99. The SMILES string of the molecule is CCC(CC)C(O)CNS(=O)(=O)N1CCCC1. The van der Waals surface area contributed by atoms with Gasteiger partial charge in [-0.15, -0.1) is 0 Å². The predicted molar refractivity (Wildman–Crippen MR) is 67.8 cm³/mol. The van der Waals surface area contributed by atoms with Gasteiger partial charge in [0.25, 0.3) is 10.2 Å². The van der Waals surface area contributed by atoms with E-state index in [9.17, 15) is 13.5 Å². The van der Waals surface area contributed by atoms with Crippen molar-refractivity contribution < 1.29 is 13.5 Å². The average molecular weight is 264 g/mol. The van der Waals surface area contributed by atoms with E-state index < -0.39 is 16.3 Å². The Hall–Kier alpha value is -0.170. The molecule has 0 amide bonds. The summed E-state index contributed by atoms with van der Waals surface area (Å²) < 4.78 is 27.6. The van der Waals surface area contributed by atoms with Gasteiger partial charge in [0.05, 0.1) is 6.10 Å². The molecule has 0 bridgehead atoms. The lowest BCUT2D eigenvalue weighted by Crippen LogP contribution is -2.43. The molecular formula is C11H24N2O3S. The van der Waals surface area contributed by atoms with Crippen molar-refractivity contribution in [1.29, 1.82) is 0 Å². The Labute approximate surface area is 104 Å². The molecule has 0 aromatic heterocycles. The van der Waals surface area contributed by atoms with Crippen molar-refractivity contribution in [2.24, 2.45) is 5.92 Å². The third-order valence-electron chi connectivity index (χ3n) is 3.47. The molecule has 6 heteroatoms. The average Bonchev–Trinajstić information content (AvgIpc) is 2.82. The van der Waals surface area contributed by atoms with Crippen LogP contribution in [0.15, 0.2) is 0 Å². The van der Waals surface area contributed by atoms with Crippen LogP contribution in [0.5, 0.6) is 0 Å². The highest BCUT2D eigenvalue weighted by Crippen LogP contribution is 2.14. The zero-order chi connectivity index (χ0) is 12.9. The fourth-order valence-electron chi connectivity index (χ4n) is 2.21. The van der Waals surface area contributed by atoms with E-state index in [2.05, 4.69) is 4.72 Å². The molecule has 1 unspecified atom stereocenters. The third-order valence-corrected chi connectivity index (χ3v) is 5.05. The van der Waals surface area contributed by atoms with E-state index in [-0.39, 0.29) is 12.5 Å². The first kappa shape index (κ1) is 14.9. The molecule has 0 radical (unpaired) electrons. The Kier molecular flexibility index (Phi) is 5.85. The Morgan fingerprint density at radius 2 is 1.76 bits per heavy atom. The fraction of sp³-hybridized carbons (Fsp3) is 1.00. The zero-order valence-electron chi connectivity index (χ0n) is 10.7. The molecule has 1 atom stereocenters. The first-order valence-corrected chi connectivity index (χ1v) is 7.88. The molecule has 17 heavy (non-hydrogen) atoms. The van der Waals surface area contributed by atoms with E-state index in [4.69, 9.17) is 0 Å². The molecule has 0 saturated carbocycles. The Morgan fingerprint density at radius 1 is 1.24 bits per heavy atom. The molecule has 2 N–H and O–H groups in total. The van der Waals surface area contributed by atoms with E-state index in [1.165, 1.54) is 4.31 Å². The summed E-state index contributed by atoms with van der Waals surface area (Å²) in [6.45, 7) is 5.32. The molecule has 1 saturated heterocycles. The summed E-state index contributed by atoms with van der Waals surface area (Å²) in [4.78, 5) is 0. The van der Waals surface area contributed by atoms with Crippen LogP contribution >= 0.6 is 0 Å². The van der Waals surface area contributed by atoms with Gasteiger partial charge < -0.3 is 5.11 Å². The molecule has 0 aliphatic carbocycles. The minimum atomic E-state index is -3.38. The molecular weight excluding hydrogens is 240 g/mol. The topological polar surface area (TPSA) is 69.6 Å². The van der Waals surface area contributed by atoms with Gasteiger partial charge in [-0.1, -0.05) is 26.7 Å². The molecule has 1 heterocycles. The molecule has 1 aliphatic rings. The third kappa shape index (κ3) is 4.21. The van der Waals surface area contributed by atoms with Crippen molar-refractivity contribution in [3.05, 3.63) is 0 Å². The number of nitrogens with one attached hydrogen (secondary N) is 1. The van der Waals surface area contributed by atoms with Crippen LogP contribution in [0.1, 0.15) is 39.5 Å². The normalized spacial score (nSPS) is 20.0. The smallest absolute Gasteiger partial charge is 0.279 e. The highest BCUT2D eigenvalue weighted by Gasteiger charge is 2.26. The number of nitrogens with zero attached hydrogens (tertiary/aromatic N) is 1. The predicted octanol–water partition coefficient (Wildman–Crippen LogP) is 0.714. The van der Waals surface area contributed by atoms with Crippen LogP contribution in [0.2, 0.25) is 0 Å². The van der Waals surface area contributed by atoms with Gasteiger partial charge >= 0.3 is 0 Å². The fourth-order valence-corrected chi connectivity index (χ4v) is 3.51. The summed E-state index contributed by atoms with van der Waals surface area (Å²) in [5, 5.41) is 9.87. The van der Waals surface area contributed by atoms with Gasteiger partial charge in [-0.05, 0) is 18.8 Å². The van der Waals surface area contributed by atoms with Gasteiger partial charge in [0.2, 0.25) is 0 Å². The summed E-state index contributed by atoms with van der Waals surface area (Å²) in [5.74, 6) is 0.163. The maximum absolute atomic E-state index is 11.8. The monoisotopic (exact) mass is 264 g/mol. The number of rotatable bonds is 7. The van der Waals surface area contributed by atoms with Gasteiger partial charge in [-0.2, -0.15) is 17.4 Å². The van der Waals surface area contributed by atoms with Crippen molar-refractivity contribution in [1.82, 2.24) is 9.03 Å². The standard InChI is InChI=1S/C11H24N2O3S/c1-3-10(4-2)11(14)9-12-17(15,16)13-7-5-6-8-13/h10-12,14H,3-9H2,1-2H3. The number of hydrogen-bond donors (Lipinski definition) is 2. The second-order valence-corrected chi connectivity index (χ2v) is 6.36. The van der Waals surface area contributed by atoms with Crippen LogP contribution in [0, 0.1) is 5.92 Å². The van der Waals surface area contributed by atoms with Crippen molar-refractivity contribution in [2.45, 2.75) is 45.6 Å². The van der Waals surface area contributed by atoms with E-state index in [0.717, 1.165) is 25.7 Å². The zero-order valence-corrected chi connectivity index (χ0v) is 11.5. The van der Waals surface area contributed by atoms with Crippen LogP contribution < -0.4 is 4.72 Å². The number of hydrogen-bond acceptors (Lipinski definition) is 3. The number of aliphatic hydroxyl groups is 1.